The van der Waals surface area contributed by atoms with E-state index in [1.165, 1.54) is 18.2 Å². The minimum atomic E-state index is -0.411. The van der Waals surface area contributed by atoms with Gasteiger partial charge in [-0.3, -0.25) is 0 Å². The van der Waals surface area contributed by atoms with Crippen molar-refractivity contribution >= 4 is 0 Å². The molecule has 3 aliphatic carbocycles. The molecule has 1 nitrogen and oxygen atoms in total. The zero-order chi connectivity index (χ0) is 11.4. The fourth-order valence-corrected chi connectivity index (χ4v) is 3.71. The van der Waals surface area contributed by atoms with Gasteiger partial charge in [0.05, 0.1) is 0 Å². The highest BCUT2D eigenvalue weighted by Gasteiger charge is 2.66. The highest BCUT2D eigenvalue weighted by Crippen LogP contribution is 2.73. The number of hydrogen-bond acceptors (Lipinski definition) is 1. The van der Waals surface area contributed by atoms with Gasteiger partial charge in [-0.25, -0.2) is 8.78 Å². The Kier molecular flexibility index (Phi) is 1.94. The van der Waals surface area contributed by atoms with Crippen LogP contribution < -0.4 is 5.73 Å². The first-order valence-corrected chi connectivity index (χ1v) is 5.71. The number of benzene rings is 1. The Hall–Kier alpha value is -0.960. The first kappa shape index (κ1) is 10.2. The van der Waals surface area contributed by atoms with Crippen LogP contribution in [0.25, 0.3) is 0 Å². The van der Waals surface area contributed by atoms with Gasteiger partial charge in [0.2, 0.25) is 0 Å². The molecule has 3 heteroatoms. The van der Waals surface area contributed by atoms with E-state index in [2.05, 4.69) is 0 Å². The average Bonchev–Trinajstić information content (AvgIpc) is 2.13. The van der Waals surface area contributed by atoms with Crippen molar-refractivity contribution in [2.75, 3.05) is 6.54 Å². The molecule has 4 rings (SSSR count). The molecule has 3 fully saturated rings. The summed E-state index contributed by atoms with van der Waals surface area (Å²) in [5.41, 5.74) is 6.40. The lowest BCUT2D eigenvalue weighted by Gasteiger charge is -2.71. The van der Waals surface area contributed by atoms with Crippen molar-refractivity contribution in [2.45, 2.75) is 25.7 Å². The van der Waals surface area contributed by atoms with Crippen LogP contribution in [0.1, 0.15) is 24.8 Å². The predicted molar refractivity (Wildman–Crippen MR) is 57.8 cm³/mol. The minimum absolute atomic E-state index is 0.155. The largest absolute Gasteiger partial charge is 0.330 e. The third kappa shape index (κ3) is 1.24. The van der Waals surface area contributed by atoms with Gasteiger partial charge in [0.1, 0.15) is 11.6 Å². The van der Waals surface area contributed by atoms with Crippen LogP contribution in [0.3, 0.4) is 0 Å². The number of nitrogens with two attached hydrogens (primary N) is 1. The zero-order valence-electron chi connectivity index (χ0n) is 9.10. The summed E-state index contributed by atoms with van der Waals surface area (Å²) in [5, 5.41) is 0. The van der Waals surface area contributed by atoms with E-state index in [-0.39, 0.29) is 11.0 Å². The van der Waals surface area contributed by atoms with Gasteiger partial charge in [-0.1, -0.05) is 6.07 Å². The summed E-state index contributed by atoms with van der Waals surface area (Å²) in [7, 11) is 0. The van der Waals surface area contributed by atoms with Crippen LogP contribution in [0, 0.1) is 22.5 Å². The predicted octanol–water partition coefficient (Wildman–Crippen LogP) is 2.64. The van der Waals surface area contributed by atoms with Gasteiger partial charge in [-0.2, -0.15) is 0 Å². The summed E-state index contributed by atoms with van der Waals surface area (Å²) in [6, 6.07) is 4.09. The van der Waals surface area contributed by atoms with E-state index in [4.69, 9.17) is 5.73 Å². The summed E-state index contributed by atoms with van der Waals surface area (Å²) in [6.07, 6.45) is 3.67. The van der Waals surface area contributed by atoms with Gasteiger partial charge >= 0.3 is 0 Å². The molecule has 3 saturated carbocycles. The minimum Gasteiger partial charge on any atom is -0.330 e. The Balaban J connectivity index is 1.78. The van der Waals surface area contributed by atoms with E-state index < -0.39 is 11.6 Å². The van der Waals surface area contributed by atoms with Gasteiger partial charge in [0.25, 0.3) is 0 Å². The normalized spacial score (nSPS) is 35.4. The molecule has 0 spiro atoms. The number of rotatable bonds is 3. The lowest BCUT2D eigenvalue weighted by atomic mass is 9.34. The molecule has 0 amide bonds. The SMILES string of the molecule is NCC12CC(Cc3c(F)cccc3F)(C1)C2. The van der Waals surface area contributed by atoms with Gasteiger partial charge in [0.15, 0.2) is 0 Å². The summed E-state index contributed by atoms with van der Waals surface area (Å²) in [6.45, 7) is 0.717. The molecule has 0 aliphatic heterocycles. The van der Waals surface area contributed by atoms with Crippen LogP contribution in [0.2, 0.25) is 0 Å². The standard InChI is InChI=1S/C13H15F2N/c14-10-2-1-3-11(15)9(10)4-12-5-13(6-12,7-12)8-16/h1-3H,4-8,16H2. The first-order chi connectivity index (χ1) is 7.58. The molecule has 3 aliphatic rings. The molecule has 0 heterocycles. The molecular weight excluding hydrogens is 208 g/mol. The highest BCUT2D eigenvalue weighted by molar-refractivity contribution is 5.27. The summed E-state index contributed by atoms with van der Waals surface area (Å²) in [4.78, 5) is 0. The van der Waals surface area contributed by atoms with Gasteiger partial charge in [0, 0.05) is 5.56 Å². The molecule has 16 heavy (non-hydrogen) atoms. The molecule has 1 aromatic carbocycles. The molecule has 86 valence electrons. The molecule has 0 unspecified atom stereocenters. The molecule has 0 saturated heterocycles. The van der Waals surface area contributed by atoms with Crippen molar-refractivity contribution in [1.29, 1.82) is 0 Å². The van der Waals surface area contributed by atoms with Crippen molar-refractivity contribution < 1.29 is 8.78 Å². The molecular formula is C13H15F2N. The first-order valence-electron chi connectivity index (χ1n) is 5.71. The molecule has 2 bridgehead atoms. The second-order valence-electron chi connectivity index (χ2n) is 5.61. The maximum absolute atomic E-state index is 13.5. The van der Waals surface area contributed by atoms with Crippen LogP contribution in [-0.2, 0) is 6.42 Å². The van der Waals surface area contributed by atoms with Crippen LogP contribution in [-0.4, -0.2) is 6.54 Å². The molecule has 1 aromatic rings. The van der Waals surface area contributed by atoms with Crippen LogP contribution in [0.4, 0.5) is 8.78 Å². The lowest BCUT2D eigenvalue weighted by molar-refractivity contribution is -0.195. The van der Waals surface area contributed by atoms with Crippen molar-refractivity contribution in [1.82, 2.24) is 0 Å². The van der Waals surface area contributed by atoms with E-state index in [1.807, 2.05) is 0 Å². The Morgan fingerprint density at radius 3 is 2.12 bits per heavy atom. The van der Waals surface area contributed by atoms with E-state index in [0.717, 1.165) is 19.3 Å². The summed E-state index contributed by atoms with van der Waals surface area (Å²) >= 11 is 0. The number of halogens is 2. The Morgan fingerprint density at radius 1 is 1.06 bits per heavy atom. The van der Waals surface area contributed by atoms with Crippen LogP contribution in [0.15, 0.2) is 18.2 Å². The van der Waals surface area contributed by atoms with E-state index >= 15 is 0 Å². The highest BCUT2D eigenvalue weighted by atomic mass is 19.1. The number of hydrogen-bond donors (Lipinski definition) is 1. The monoisotopic (exact) mass is 223 g/mol. The Labute approximate surface area is 93.6 Å². The van der Waals surface area contributed by atoms with Gasteiger partial charge in [-0.05, 0) is 55.2 Å². The van der Waals surface area contributed by atoms with Crippen molar-refractivity contribution in [2.24, 2.45) is 16.6 Å². The van der Waals surface area contributed by atoms with Crippen LogP contribution in [0.5, 0.6) is 0 Å². The molecule has 0 atom stereocenters. The van der Waals surface area contributed by atoms with Crippen molar-refractivity contribution in [3.05, 3.63) is 35.4 Å². The van der Waals surface area contributed by atoms with E-state index in [0.29, 0.717) is 18.4 Å². The maximum atomic E-state index is 13.5. The Morgan fingerprint density at radius 2 is 1.62 bits per heavy atom. The fourth-order valence-electron chi connectivity index (χ4n) is 3.71. The second kappa shape index (κ2) is 3.04. The second-order valence-corrected chi connectivity index (χ2v) is 5.61. The van der Waals surface area contributed by atoms with Crippen molar-refractivity contribution in [3.8, 4) is 0 Å². The smallest absolute Gasteiger partial charge is 0.129 e. The van der Waals surface area contributed by atoms with Gasteiger partial charge in [-0.15, -0.1) is 0 Å². The molecule has 0 radical (unpaired) electrons. The molecule has 0 aromatic heterocycles. The summed E-state index contributed by atoms with van der Waals surface area (Å²) < 4.78 is 26.9. The van der Waals surface area contributed by atoms with Crippen molar-refractivity contribution in [3.63, 3.8) is 0 Å². The Bertz CT molecular complexity index is 402. The summed E-state index contributed by atoms with van der Waals surface area (Å²) in [5.74, 6) is -0.821. The topological polar surface area (TPSA) is 26.0 Å². The van der Waals surface area contributed by atoms with Crippen LogP contribution >= 0.6 is 0 Å². The lowest BCUT2D eigenvalue weighted by Crippen LogP contribution is -2.65. The van der Waals surface area contributed by atoms with E-state index in [1.54, 1.807) is 0 Å². The van der Waals surface area contributed by atoms with E-state index in [9.17, 15) is 8.78 Å². The third-order valence-corrected chi connectivity index (χ3v) is 4.30. The fraction of sp³-hybridized carbons (Fsp3) is 0.538. The zero-order valence-corrected chi connectivity index (χ0v) is 9.10. The van der Waals surface area contributed by atoms with Gasteiger partial charge < -0.3 is 5.73 Å². The quantitative estimate of drug-likeness (QED) is 0.837. The molecule has 2 N–H and O–H groups in total. The maximum Gasteiger partial charge on any atom is 0.129 e. The average molecular weight is 223 g/mol. The third-order valence-electron chi connectivity index (χ3n) is 4.30.